The molecular weight excluding hydrogens is 233 g/mol. The van der Waals surface area contributed by atoms with Crippen LogP contribution in [0.4, 0.5) is 10.2 Å². The Hall–Kier alpha value is -2.13. The van der Waals surface area contributed by atoms with Crippen LogP contribution in [0.5, 0.6) is 0 Å². The van der Waals surface area contributed by atoms with Crippen molar-refractivity contribution in [3.63, 3.8) is 0 Å². The molecule has 5 heteroatoms. The van der Waals surface area contributed by atoms with Gasteiger partial charge in [0.2, 0.25) is 0 Å². The summed E-state index contributed by atoms with van der Waals surface area (Å²) in [6.07, 6.45) is 3.58. The van der Waals surface area contributed by atoms with E-state index in [1.165, 1.54) is 12.1 Å². The Balaban J connectivity index is 1.98. The lowest BCUT2D eigenvalue weighted by Crippen LogP contribution is -2.36. The molecule has 1 aromatic rings. The smallest absolute Gasteiger partial charge is 0.252 e. The predicted octanol–water partition coefficient (Wildman–Crippen LogP) is 1.26. The molecule has 18 heavy (non-hydrogen) atoms. The van der Waals surface area contributed by atoms with E-state index in [4.69, 9.17) is 0 Å². The molecule has 0 aromatic carbocycles. The van der Waals surface area contributed by atoms with Gasteiger partial charge in [0.05, 0.1) is 0 Å². The van der Waals surface area contributed by atoms with Crippen LogP contribution in [-0.4, -0.2) is 30.0 Å². The number of rotatable bonds is 3. The maximum absolute atomic E-state index is 13.5. The van der Waals surface area contributed by atoms with Crippen LogP contribution in [0.2, 0.25) is 0 Å². The highest BCUT2D eigenvalue weighted by Gasteiger charge is 2.25. The summed E-state index contributed by atoms with van der Waals surface area (Å²) in [5, 5.41) is 2.81. The van der Waals surface area contributed by atoms with Crippen molar-refractivity contribution in [2.45, 2.75) is 12.5 Å². The highest BCUT2D eigenvalue weighted by Crippen LogP contribution is 2.20. The summed E-state index contributed by atoms with van der Waals surface area (Å²) in [5.74, 6) is -0.220. The number of aromatic nitrogens is 1. The molecule has 1 fully saturated rings. The maximum Gasteiger partial charge on any atom is 0.252 e. The standard InChI is InChI=1S/C13H14FN3O/c1-2-4-12(18)16-10-6-8-17(9-10)13-11(14)5-3-7-15-13/h3-5,7,10H,1,6,8-9H2,(H,16,18). The van der Waals surface area contributed by atoms with Gasteiger partial charge in [-0.15, -0.1) is 5.73 Å². The van der Waals surface area contributed by atoms with Crippen molar-refractivity contribution in [3.8, 4) is 0 Å². The Morgan fingerprint density at radius 2 is 2.56 bits per heavy atom. The van der Waals surface area contributed by atoms with Crippen LogP contribution in [0.25, 0.3) is 0 Å². The number of carbonyl (C=O) groups excluding carboxylic acids is 1. The van der Waals surface area contributed by atoms with Gasteiger partial charge in [0.1, 0.15) is 0 Å². The summed E-state index contributed by atoms with van der Waals surface area (Å²) in [6.45, 7) is 4.58. The molecule has 1 unspecified atom stereocenters. The molecule has 0 saturated carbocycles. The second-order valence-electron chi connectivity index (χ2n) is 4.10. The molecule has 0 aliphatic carbocycles. The fraction of sp³-hybridized carbons (Fsp3) is 0.308. The molecule has 1 aromatic heterocycles. The SMILES string of the molecule is C=C=CC(=O)NC1CCN(c2ncccc2F)C1. The number of amides is 1. The number of halogens is 1. The fourth-order valence-corrected chi connectivity index (χ4v) is 2.02. The van der Waals surface area contributed by atoms with Gasteiger partial charge in [-0.1, -0.05) is 6.58 Å². The monoisotopic (exact) mass is 247 g/mol. The first-order chi connectivity index (χ1) is 8.70. The molecule has 94 valence electrons. The predicted molar refractivity (Wildman–Crippen MR) is 66.7 cm³/mol. The molecule has 0 bridgehead atoms. The third kappa shape index (κ3) is 2.76. The Morgan fingerprint density at radius 1 is 1.72 bits per heavy atom. The van der Waals surface area contributed by atoms with E-state index in [9.17, 15) is 9.18 Å². The first-order valence-electron chi connectivity index (χ1n) is 5.72. The molecule has 2 rings (SSSR count). The van der Waals surface area contributed by atoms with Crippen LogP contribution in [0.15, 0.2) is 36.7 Å². The van der Waals surface area contributed by atoms with E-state index in [-0.39, 0.29) is 17.8 Å². The molecule has 1 N–H and O–H groups in total. The molecule has 1 saturated heterocycles. The zero-order valence-electron chi connectivity index (χ0n) is 9.90. The van der Waals surface area contributed by atoms with Gasteiger partial charge < -0.3 is 10.2 Å². The lowest BCUT2D eigenvalue weighted by atomic mass is 10.2. The number of carbonyl (C=O) groups is 1. The van der Waals surface area contributed by atoms with Gasteiger partial charge in [-0.2, -0.15) is 0 Å². The minimum Gasteiger partial charge on any atom is -0.352 e. The van der Waals surface area contributed by atoms with E-state index in [0.717, 1.165) is 6.42 Å². The Labute approximate surface area is 105 Å². The second-order valence-corrected chi connectivity index (χ2v) is 4.10. The summed E-state index contributed by atoms with van der Waals surface area (Å²) in [4.78, 5) is 17.2. The summed E-state index contributed by atoms with van der Waals surface area (Å²) in [7, 11) is 0. The molecule has 2 heterocycles. The summed E-state index contributed by atoms with van der Waals surface area (Å²) in [6, 6.07) is 2.95. The molecule has 1 amide bonds. The second kappa shape index (κ2) is 5.47. The molecule has 0 radical (unpaired) electrons. The number of anilines is 1. The van der Waals surface area contributed by atoms with Crippen molar-refractivity contribution in [1.82, 2.24) is 10.3 Å². The highest BCUT2D eigenvalue weighted by molar-refractivity contribution is 5.87. The summed E-state index contributed by atoms with van der Waals surface area (Å²) < 4.78 is 13.5. The molecule has 1 aliphatic rings. The van der Waals surface area contributed by atoms with Crippen LogP contribution in [0.3, 0.4) is 0 Å². The zero-order valence-corrected chi connectivity index (χ0v) is 9.90. The van der Waals surface area contributed by atoms with E-state index in [2.05, 4.69) is 22.6 Å². The molecule has 1 atom stereocenters. The van der Waals surface area contributed by atoms with Gasteiger partial charge in [0.25, 0.3) is 5.91 Å². The van der Waals surface area contributed by atoms with Crippen LogP contribution in [-0.2, 0) is 4.79 Å². The number of nitrogens with zero attached hydrogens (tertiary/aromatic N) is 2. The topological polar surface area (TPSA) is 45.2 Å². The number of pyridine rings is 1. The minimum absolute atomic E-state index is 0.00325. The average Bonchev–Trinajstić information content (AvgIpc) is 2.78. The van der Waals surface area contributed by atoms with Crippen LogP contribution in [0.1, 0.15) is 6.42 Å². The fourth-order valence-electron chi connectivity index (χ4n) is 2.02. The van der Waals surface area contributed by atoms with E-state index in [0.29, 0.717) is 18.9 Å². The third-order valence-electron chi connectivity index (χ3n) is 2.81. The summed E-state index contributed by atoms with van der Waals surface area (Å²) >= 11 is 0. The van der Waals surface area contributed by atoms with E-state index < -0.39 is 0 Å². The lowest BCUT2D eigenvalue weighted by Gasteiger charge is -2.17. The van der Waals surface area contributed by atoms with Crippen molar-refractivity contribution >= 4 is 11.7 Å². The molecule has 1 aliphatic heterocycles. The summed E-state index contributed by atoms with van der Waals surface area (Å²) in [5.41, 5.74) is 2.42. The number of hydrogen-bond acceptors (Lipinski definition) is 3. The first-order valence-corrected chi connectivity index (χ1v) is 5.72. The Morgan fingerprint density at radius 3 is 3.28 bits per heavy atom. The molecule has 0 spiro atoms. The highest BCUT2D eigenvalue weighted by atomic mass is 19.1. The average molecular weight is 247 g/mol. The Kier molecular flexibility index (Phi) is 3.75. The van der Waals surface area contributed by atoms with Crippen molar-refractivity contribution in [2.24, 2.45) is 0 Å². The van der Waals surface area contributed by atoms with Gasteiger partial charge in [-0.25, -0.2) is 9.37 Å². The third-order valence-corrected chi connectivity index (χ3v) is 2.81. The Bertz CT molecular complexity index is 497. The minimum atomic E-state index is -0.338. The number of hydrogen-bond donors (Lipinski definition) is 1. The van der Waals surface area contributed by atoms with Gasteiger partial charge in [0.15, 0.2) is 11.6 Å². The van der Waals surface area contributed by atoms with E-state index in [1.54, 1.807) is 12.3 Å². The van der Waals surface area contributed by atoms with Gasteiger partial charge >= 0.3 is 0 Å². The zero-order chi connectivity index (χ0) is 13.0. The molecule has 4 nitrogen and oxygen atoms in total. The van der Waals surface area contributed by atoms with Crippen LogP contribution in [0, 0.1) is 5.82 Å². The maximum atomic E-state index is 13.5. The van der Waals surface area contributed by atoms with Crippen molar-refractivity contribution in [2.75, 3.05) is 18.0 Å². The van der Waals surface area contributed by atoms with Gasteiger partial charge in [0, 0.05) is 31.4 Å². The largest absolute Gasteiger partial charge is 0.352 e. The van der Waals surface area contributed by atoms with Gasteiger partial charge in [-0.3, -0.25) is 4.79 Å². The number of nitrogens with one attached hydrogen (secondary N) is 1. The van der Waals surface area contributed by atoms with Crippen molar-refractivity contribution < 1.29 is 9.18 Å². The quantitative estimate of drug-likeness (QED) is 0.646. The van der Waals surface area contributed by atoms with E-state index >= 15 is 0 Å². The first kappa shape index (κ1) is 12.3. The normalized spacial score (nSPS) is 18.3. The molecular formula is C13H14FN3O. The van der Waals surface area contributed by atoms with Crippen molar-refractivity contribution in [1.29, 1.82) is 0 Å². The van der Waals surface area contributed by atoms with Gasteiger partial charge in [-0.05, 0) is 18.6 Å². The van der Waals surface area contributed by atoms with Crippen molar-refractivity contribution in [3.05, 3.63) is 42.5 Å². The van der Waals surface area contributed by atoms with E-state index in [1.807, 2.05) is 4.90 Å². The lowest BCUT2D eigenvalue weighted by molar-refractivity contribution is -0.117. The van der Waals surface area contributed by atoms with Crippen LogP contribution >= 0.6 is 0 Å². The van der Waals surface area contributed by atoms with Crippen LogP contribution < -0.4 is 10.2 Å².